The lowest BCUT2D eigenvalue weighted by Gasteiger charge is -2.22. The third-order valence-corrected chi connectivity index (χ3v) is 2.42. The Bertz CT molecular complexity index is 374. The molecule has 18 heavy (non-hydrogen) atoms. The first-order chi connectivity index (χ1) is 8.11. The summed E-state index contributed by atoms with van der Waals surface area (Å²) < 4.78 is 0. The van der Waals surface area contributed by atoms with E-state index in [0.717, 1.165) is 0 Å². The van der Waals surface area contributed by atoms with Crippen LogP contribution >= 0.6 is 0 Å². The summed E-state index contributed by atoms with van der Waals surface area (Å²) in [7, 11) is 0. The van der Waals surface area contributed by atoms with Crippen molar-refractivity contribution in [2.75, 3.05) is 0 Å². The van der Waals surface area contributed by atoms with E-state index in [0.29, 0.717) is 5.57 Å². The number of Topliss-reactive ketones (excluding diaryl/α,β-unsaturated/α-hetero) is 1. The predicted molar refractivity (Wildman–Crippen MR) is 65.0 cm³/mol. The van der Waals surface area contributed by atoms with E-state index in [1.165, 1.54) is 27.7 Å². The molecule has 0 saturated heterocycles. The van der Waals surface area contributed by atoms with Crippen LogP contribution in [-0.4, -0.2) is 49.6 Å². The van der Waals surface area contributed by atoms with Crippen molar-refractivity contribution in [3.63, 3.8) is 0 Å². The zero-order valence-corrected chi connectivity index (χ0v) is 10.9. The fourth-order valence-electron chi connectivity index (χ4n) is 1.17. The lowest BCUT2D eigenvalue weighted by molar-refractivity contribution is -0.136. The molecule has 0 radical (unpaired) electrons. The highest BCUT2D eigenvalue weighted by Gasteiger charge is 2.34. The Hall–Kier alpha value is -1.37. The van der Waals surface area contributed by atoms with Gasteiger partial charge in [0.1, 0.15) is 24.1 Å². The Morgan fingerprint density at radius 2 is 1.28 bits per heavy atom. The highest BCUT2D eigenvalue weighted by Crippen LogP contribution is 2.14. The van der Waals surface area contributed by atoms with Gasteiger partial charge >= 0.3 is 0 Å². The van der Waals surface area contributed by atoms with Crippen molar-refractivity contribution in [2.45, 2.75) is 46.0 Å². The lowest BCUT2D eigenvalue weighted by atomic mass is 9.99. The second kappa shape index (κ2) is 6.53. The van der Waals surface area contributed by atoms with E-state index >= 15 is 0 Å². The zero-order valence-electron chi connectivity index (χ0n) is 10.9. The number of ketones is 1. The summed E-state index contributed by atoms with van der Waals surface area (Å²) in [5.74, 6) is -2.31. The van der Waals surface area contributed by atoms with Crippen LogP contribution in [0.4, 0.5) is 0 Å². The molecule has 5 N–H and O–H groups in total. The van der Waals surface area contributed by atoms with Crippen LogP contribution in [0.2, 0.25) is 0 Å². The molecule has 0 rings (SSSR count). The number of rotatable bonds is 5. The number of carbonyl (C=O) groups is 1. The number of aliphatic hydroxyl groups excluding tert-OH is 5. The molecule has 0 amide bonds. The highest BCUT2D eigenvalue weighted by atomic mass is 16.4. The molecule has 0 heterocycles. The molecule has 3 atom stereocenters. The Morgan fingerprint density at radius 1 is 0.833 bits per heavy atom. The molecule has 0 spiro atoms. The number of hydrogen-bond acceptors (Lipinski definition) is 6. The molecule has 0 aliphatic rings. The van der Waals surface area contributed by atoms with Gasteiger partial charge in [-0.15, -0.1) is 0 Å². The van der Waals surface area contributed by atoms with Crippen molar-refractivity contribution in [2.24, 2.45) is 0 Å². The molecule has 0 aromatic rings. The maximum atomic E-state index is 11.5. The second-order valence-electron chi connectivity index (χ2n) is 4.48. The van der Waals surface area contributed by atoms with Crippen LogP contribution in [0.25, 0.3) is 0 Å². The Balaban J connectivity index is 5.03. The predicted octanol–water partition coefficient (Wildman–Crippen LogP) is 0.342. The zero-order chi connectivity index (χ0) is 14.6. The molecule has 0 fully saturated rings. The Kier molecular flexibility index (Phi) is 6.04. The molecular weight excluding hydrogens is 240 g/mol. The molecule has 6 nitrogen and oxygen atoms in total. The van der Waals surface area contributed by atoms with E-state index in [1.54, 1.807) is 0 Å². The standard InChI is InChI=1S/C12H20O6/c1-5(2)7(13)9(15)11(17)12(18)10(16)8(14)6(3)4/h9,11-15,17-18H,1-4H3/t9-,11-,12-/m1/s1. The molecule has 0 unspecified atom stereocenters. The number of allylic oxidation sites excluding steroid dienone is 2. The monoisotopic (exact) mass is 260 g/mol. The maximum absolute atomic E-state index is 11.5. The number of carbonyl (C=O) groups excluding carboxylic acids is 1. The van der Waals surface area contributed by atoms with E-state index in [1.807, 2.05) is 0 Å². The van der Waals surface area contributed by atoms with E-state index in [9.17, 15) is 30.3 Å². The molecular formula is C12H20O6. The maximum Gasteiger partial charge on any atom is 0.228 e. The molecule has 104 valence electrons. The SMILES string of the molecule is CC(C)=C(O)C(=O)[C@@H](O)[C@H](O)[C@H](O)C(O)=C(C)C. The van der Waals surface area contributed by atoms with Crippen molar-refractivity contribution in [1.82, 2.24) is 0 Å². The lowest BCUT2D eigenvalue weighted by Crippen LogP contribution is -2.44. The van der Waals surface area contributed by atoms with Gasteiger partial charge < -0.3 is 25.5 Å². The van der Waals surface area contributed by atoms with Gasteiger partial charge in [-0.05, 0) is 38.8 Å². The summed E-state index contributed by atoms with van der Waals surface area (Å²) in [6.45, 7) is 5.90. The van der Waals surface area contributed by atoms with Gasteiger partial charge in [0.2, 0.25) is 5.78 Å². The van der Waals surface area contributed by atoms with Gasteiger partial charge in [0, 0.05) is 0 Å². The summed E-state index contributed by atoms with van der Waals surface area (Å²) in [5, 5.41) is 47.4. The van der Waals surface area contributed by atoms with E-state index in [4.69, 9.17) is 0 Å². The van der Waals surface area contributed by atoms with Gasteiger partial charge in [0.05, 0.1) is 0 Å². The average Bonchev–Trinajstić information content (AvgIpc) is 2.32. The van der Waals surface area contributed by atoms with Crippen molar-refractivity contribution in [1.29, 1.82) is 0 Å². The van der Waals surface area contributed by atoms with Crippen LogP contribution in [0.3, 0.4) is 0 Å². The minimum atomic E-state index is -2.02. The first-order valence-electron chi connectivity index (χ1n) is 5.42. The second-order valence-corrected chi connectivity index (χ2v) is 4.48. The number of aliphatic hydroxyl groups is 5. The summed E-state index contributed by atoms with van der Waals surface area (Å²) >= 11 is 0. The smallest absolute Gasteiger partial charge is 0.228 e. The Morgan fingerprint density at radius 3 is 1.61 bits per heavy atom. The first kappa shape index (κ1) is 16.6. The van der Waals surface area contributed by atoms with Crippen LogP contribution < -0.4 is 0 Å². The Labute approximate surface area is 106 Å². The summed E-state index contributed by atoms with van der Waals surface area (Å²) in [6.07, 6.45) is -5.73. The largest absolute Gasteiger partial charge is 0.510 e. The molecule has 0 saturated carbocycles. The molecule has 0 aliphatic carbocycles. The van der Waals surface area contributed by atoms with Gasteiger partial charge in [-0.3, -0.25) is 4.79 Å². The third-order valence-electron chi connectivity index (χ3n) is 2.42. The third kappa shape index (κ3) is 3.83. The van der Waals surface area contributed by atoms with Crippen molar-refractivity contribution in [3.05, 3.63) is 22.7 Å². The van der Waals surface area contributed by atoms with Crippen LogP contribution in [0.15, 0.2) is 22.7 Å². The quantitative estimate of drug-likeness (QED) is 0.359. The molecule has 0 aromatic carbocycles. The normalized spacial score (nSPS) is 15.5. The van der Waals surface area contributed by atoms with Crippen LogP contribution in [0, 0.1) is 0 Å². The van der Waals surface area contributed by atoms with Crippen molar-refractivity contribution < 1.29 is 30.3 Å². The van der Waals surface area contributed by atoms with Crippen LogP contribution in [0.5, 0.6) is 0 Å². The highest BCUT2D eigenvalue weighted by molar-refractivity contribution is 5.97. The van der Waals surface area contributed by atoms with E-state index in [2.05, 4.69) is 0 Å². The summed E-state index contributed by atoms with van der Waals surface area (Å²) in [4.78, 5) is 11.5. The minimum absolute atomic E-state index is 0.271. The van der Waals surface area contributed by atoms with Gasteiger partial charge in [-0.2, -0.15) is 0 Å². The van der Waals surface area contributed by atoms with E-state index in [-0.39, 0.29) is 5.57 Å². The van der Waals surface area contributed by atoms with Gasteiger partial charge in [0.25, 0.3) is 0 Å². The summed E-state index contributed by atoms with van der Waals surface area (Å²) in [6, 6.07) is 0. The molecule has 0 aromatic heterocycles. The fourth-order valence-corrected chi connectivity index (χ4v) is 1.17. The topological polar surface area (TPSA) is 118 Å². The van der Waals surface area contributed by atoms with Crippen molar-refractivity contribution >= 4 is 5.78 Å². The molecule has 6 heteroatoms. The number of hydrogen-bond donors (Lipinski definition) is 5. The first-order valence-corrected chi connectivity index (χ1v) is 5.42. The van der Waals surface area contributed by atoms with Crippen LogP contribution in [0.1, 0.15) is 27.7 Å². The van der Waals surface area contributed by atoms with Crippen LogP contribution in [-0.2, 0) is 4.79 Å². The molecule has 0 aliphatic heterocycles. The van der Waals surface area contributed by atoms with E-state index < -0.39 is 35.6 Å². The van der Waals surface area contributed by atoms with Gasteiger partial charge in [-0.25, -0.2) is 0 Å². The van der Waals surface area contributed by atoms with Gasteiger partial charge in [0.15, 0.2) is 5.76 Å². The fraction of sp³-hybridized carbons (Fsp3) is 0.583. The molecule has 0 bridgehead atoms. The summed E-state index contributed by atoms with van der Waals surface area (Å²) in [5.41, 5.74) is 0.611. The minimum Gasteiger partial charge on any atom is -0.510 e. The van der Waals surface area contributed by atoms with Crippen molar-refractivity contribution in [3.8, 4) is 0 Å². The average molecular weight is 260 g/mol. The van der Waals surface area contributed by atoms with Gasteiger partial charge in [-0.1, -0.05) is 0 Å².